The Bertz CT molecular complexity index is 293. The van der Waals surface area contributed by atoms with Crippen molar-refractivity contribution >= 4 is 15.7 Å². The molecular weight excluding hydrogens is 190 g/mol. The lowest BCUT2D eigenvalue weighted by atomic mass is 10.2. The average molecular weight is 207 g/mol. The molecule has 0 fully saturated rings. The molecule has 5 heteroatoms. The quantitative estimate of drug-likeness (QED) is 0.727. The number of carbonyl (C=O) groups is 1. The molecule has 0 rings (SSSR count). The van der Waals surface area contributed by atoms with Crippen molar-refractivity contribution in [1.29, 1.82) is 0 Å². The van der Waals surface area contributed by atoms with E-state index in [0.717, 1.165) is 0 Å². The van der Waals surface area contributed by atoms with Gasteiger partial charge in [-0.3, -0.25) is 4.79 Å². The predicted octanol–water partition coefficient (Wildman–Crippen LogP) is 0.464. The van der Waals surface area contributed by atoms with Gasteiger partial charge in [0.1, 0.15) is 4.75 Å². The van der Waals surface area contributed by atoms with Gasteiger partial charge in [0.25, 0.3) is 0 Å². The first kappa shape index (κ1) is 12.4. The van der Waals surface area contributed by atoms with Gasteiger partial charge in [0.2, 0.25) is 5.91 Å². The van der Waals surface area contributed by atoms with Crippen molar-refractivity contribution in [3.05, 3.63) is 0 Å². The summed E-state index contributed by atoms with van der Waals surface area (Å²) in [4.78, 5) is 10.9. The second-order valence-electron chi connectivity index (χ2n) is 3.64. The Balaban J connectivity index is 5.17. The number of rotatable bonds is 4. The second-order valence-corrected chi connectivity index (χ2v) is 6.55. The molecule has 0 heterocycles. The Hall–Kier alpha value is -0.580. The van der Waals surface area contributed by atoms with Gasteiger partial charge in [-0.15, -0.1) is 0 Å². The van der Waals surface area contributed by atoms with Crippen LogP contribution in [0, 0.1) is 0 Å². The minimum Gasteiger partial charge on any atom is -0.368 e. The third-order valence-electron chi connectivity index (χ3n) is 2.41. The third-order valence-corrected chi connectivity index (χ3v) is 5.43. The van der Waals surface area contributed by atoms with Crippen molar-refractivity contribution in [2.75, 3.05) is 0 Å². The van der Waals surface area contributed by atoms with Crippen molar-refractivity contribution in [3.8, 4) is 0 Å². The molecule has 0 unspecified atom stereocenters. The number of nitrogens with two attached hydrogens (primary N) is 1. The van der Waals surface area contributed by atoms with Crippen LogP contribution in [0.4, 0.5) is 0 Å². The van der Waals surface area contributed by atoms with E-state index in [-0.39, 0.29) is 0 Å². The van der Waals surface area contributed by atoms with E-state index in [2.05, 4.69) is 0 Å². The fourth-order valence-corrected chi connectivity index (χ4v) is 2.59. The molecule has 13 heavy (non-hydrogen) atoms. The minimum absolute atomic E-state index is 0.485. The minimum atomic E-state index is -3.46. The Morgan fingerprint density at radius 1 is 1.46 bits per heavy atom. The van der Waals surface area contributed by atoms with E-state index >= 15 is 0 Å². The van der Waals surface area contributed by atoms with Gasteiger partial charge in [0.05, 0.1) is 5.25 Å². The molecule has 2 N–H and O–H groups in total. The van der Waals surface area contributed by atoms with Crippen molar-refractivity contribution in [3.63, 3.8) is 0 Å². The highest BCUT2D eigenvalue weighted by Gasteiger charge is 2.42. The molecule has 0 aromatic carbocycles. The average Bonchev–Trinajstić information content (AvgIpc) is 2.02. The van der Waals surface area contributed by atoms with Gasteiger partial charge in [-0.2, -0.15) is 0 Å². The van der Waals surface area contributed by atoms with E-state index in [1.807, 2.05) is 0 Å². The van der Waals surface area contributed by atoms with E-state index in [1.54, 1.807) is 13.8 Å². The molecule has 1 amide bonds. The van der Waals surface area contributed by atoms with Crippen LogP contribution in [0.1, 0.15) is 34.1 Å². The van der Waals surface area contributed by atoms with E-state index in [1.165, 1.54) is 13.8 Å². The third kappa shape index (κ3) is 2.02. The van der Waals surface area contributed by atoms with Gasteiger partial charge in [0, 0.05) is 0 Å². The van der Waals surface area contributed by atoms with E-state index in [9.17, 15) is 13.2 Å². The summed E-state index contributed by atoms with van der Waals surface area (Å²) in [7, 11) is -3.46. The summed E-state index contributed by atoms with van der Waals surface area (Å²) in [5.74, 6) is -0.798. The van der Waals surface area contributed by atoms with Gasteiger partial charge in [-0.1, -0.05) is 6.92 Å². The zero-order chi connectivity index (χ0) is 10.9. The summed E-state index contributed by atoms with van der Waals surface area (Å²) in [5, 5.41) is -0.532. The molecule has 0 spiro atoms. The number of amides is 1. The van der Waals surface area contributed by atoms with Crippen molar-refractivity contribution in [2.24, 2.45) is 5.73 Å². The van der Waals surface area contributed by atoms with E-state index < -0.39 is 25.7 Å². The summed E-state index contributed by atoms with van der Waals surface area (Å²) in [6.07, 6.45) is 0.485. The zero-order valence-electron chi connectivity index (χ0n) is 8.49. The highest BCUT2D eigenvalue weighted by molar-refractivity contribution is 7.94. The molecule has 0 radical (unpaired) electrons. The van der Waals surface area contributed by atoms with E-state index in [4.69, 9.17) is 5.73 Å². The first-order valence-corrected chi connectivity index (χ1v) is 5.75. The lowest BCUT2D eigenvalue weighted by Gasteiger charge is -2.24. The molecule has 1 atom stereocenters. The highest BCUT2D eigenvalue weighted by Crippen LogP contribution is 2.22. The lowest BCUT2D eigenvalue weighted by molar-refractivity contribution is -0.119. The molecule has 0 aliphatic heterocycles. The maximum absolute atomic E-state index is 11.7. The molecule has 0 aromatic rings. The fourth-order valence-electron chi connectivity index (χ4n) is 0.863. The monoisotopic (exact) mass is 207 g/mol. The van der Waals surface area contributed by atoms with Crippen LogP contribution >= 0.6 is 0 Å². The van der Waals surface area contributed by atoms with Gasteiger partial charge in [-0.25, -0.2) is 8.42 Å². The molecule has 78 valence electrons. The molecule has 0 bridgehead atoms. The second kappa shape index (κ2) is 3.65. The largest absolute Gasteiger partial charge is 0.368 e. The van der Waals surface area contributed by atoms with Crippen LogP contribution in [0.15, 0.2) is 0 Å². The van der Waals surface area contributed by atoms with Crippen LogP contribution in [0.2, 0.25) is 0 Å². The summed E-state index contributed by atoms with van der Waals surface area (Å²) in [6, 6.07) is 0. The Kier molecular flexibility index (Phi) is 3.49. The molecule has 4 nitrogen and oxygen atoms in total. The molecule has 0 aliphatic rings. The van der Waals surface area contributed by atoms with Crippen LogP contribution in [-0.4, -0.2) is 24.3 Å². The number of sulfone groups is 1. The van der Waals surface area contributed by atoms with Crippen molar-refractivity contribution in [2.45, 2.75) is 44.1 Å². The summed E-state index contributed by atoms with van der Waals surface area (Å²) in [6.45, 7) is 6.03. The molecule has 0 aliphatic carbocycles. The lowest BCUT2D eigenvalue weighted by Crippen LogP contribution is -2.48. The summed E-state index contributed by atoms with van der Waals surface area (Å²) < 4.78 is 22.0. The van der Waals surface area contributed by atoms with Gasteiger partial charge >= 0.3 is 0 Å². The number of hydrogen-bond donors (Lipinski definition) is 1. The maximum atomic E-state index is 11.7. The number of hydrogen-bond acceptors (Lipinski definition) is 3. The SMILES string of the molecule is CC[C@H](C)S(=O)(=O)C(C)(C)C(N)=O. The smallest absolute Gasteiger partial charge is 0.238 e. The summed E-state index contributed by atoms with van der Waals surface area (Å²) >= 11 is 0. The van der Waals surface area contributed by atoms with E-state index in [0.29, 0.717) is 6.42 Å². The number of carbonyl (C=O) groups excluding carboxylic acids is 1. The van der Waals surface area contributed by atoms with Gasteiger partial charge in [0.15, 0.2) is 9.84 Å². The molecule has 0 saturated heterocycles. The first-order chi connectivity index (χ1) is 5.67. The van der Waals surface area contributed by atoms with Crippen molar-refractivity contribution in [1.82, 2.24) is 0 Å². The van der Waals surface area contributed by atoms with Crippen molar-refractivity contribution < 1.29 is 13.2 Å². The normalized spacial score (nSPS) is 15.4. The topological polar surface area (TPSA) is 77.2 Å². The zero-order valence-corrected chi connectivity index (χ0v) is 9.31. The van der Waals surface area contributed by atoms with Crippen LogP contribution in [0.5, 0.6) is 0 Å². The predicted molar refractivity (Wildman–Crippen MR) is 51.9 cm³/mol. The first-order valence-electron chi connectivity index (χ1n) is 4.21. The van der Waals surface area contributed by atoms with Gasteiger partial charge in [-0.05, 0) is 27.2 Å². The Labute approximate surface area is 79.4 Å². The van der Waals surface area contributed by atoms with Crippen LogP contribution < -0.4 is 5.73 Å². The standard InChI is InChI=1S/C8H17NO3S/c1-5-6(2)13(11,12)8(3,4)7(9)10/h6H,5H2,1-4H3,(H2,9,10)/t6-/m0/s1. The van der Waals surface area contributed by atoms with Gasteiger partial charge < -0.3 is 5.73 Å². The Morgan fingerprint density at radius 3 is 2.08 bits per heavy atom. The van der Waals surface area contributed by atoms with Crippen LogP contribution in [0.25, 0.3) is 0 Å². The number of primary amides is 1. The molecule has 0 saturated carbocycles. The van der Waals surface area contributed by atoms with Crippen LogP contribution in [0.3, 0.4) is 0 Å². The maximum Gasteiger partial charge on any atom is 0.238 e. The Morgan fingerprint density at radius 2 is 1.85 bits per heavy atom. The molecular formula is C8H17NO3S. The van der Waals surface area contributed by atoms with Crippen LogP contribution in [-0.2, 0) is 14.6 Å². The molecule has 0 aromatic heterocycles. The summed E-state index contributed by atoms with van der Waals surface area (Å²) in [5.41, 5.74) is 5.03. The fraction of sp³-hybridized carbons (Fsp3) is 0.875. The highest BCUT2D eigenvalue weighted by atomic mass is 32.2.